The Kier molecular flexibility index (Phi) is 7.72. The lowest BCUT2D eigenvalue weighted by atomic mass is 9.42. The summed E-state index contributed by atoms with van der Waals surface area (Å²) in [6.45, 7) is 14.7. The van der Waals surface area contributed by atoms with E-state index in [1.807, 2.05) is 0 Å². The molecule has 0 radical (unpaired) electrons. The lowest BCUT2D eigenvalue weighted by molar-refractivity contribution is -0.230. The van der Waals surface area contributed by atoms with E-state index in [1.54, 1.807) is 0 Å². The Morgan fingerprint density at radius 2 is 1.67 bits per heavy atom. The zero-order valence-corrected chi connectivity index (χ0v) is 23.9. The van der Waals surface area contributed by atoms with Gasteiger partial charge in [-0.3, -0.25) is 14.4 Å². The summed E-state index contributed by atoms with van der Waals surface area (Å²) < 4.78 is 11.6. The molecule has 4 aliphatic carbocycles. The van der Waals surface area contributed by atoms with Gasteiger partial charge in [-0.1, -0.05) is 53.9 Å². The summed E-state index contributed by atoms with van der Waals surface area (Å²) in [4.78, 5) is 38.1. The maximum Gasteiger partial charge on any atom is 0.303 e. The number of rotatable bonds is 7. The van der Waals surface area contributed by atoms with Crippen LogP contribution in [0.4, 0.5) is 0 Å². The van der Waals surface area contributed by atoms with Crippen LogP contribution in [0.1, 0.15) is 119 Å². The van der Waals surface area contributed by atoms with Crippen molar-refractivity contribution in [1.29, 1.82) is 0 Å². The minimum Gasteiger partial charge on any atom is -0.462 e. The molecule has 4 fully saturated rings. The number of hydrogen-bond acceptors (Lipinski definition) is 5. The second-order valence-electron chi connectivity index (χ2n) is 13.8. The van der Waals surface area contributed by atoms with E-state index in [9.17, 15) is 14.4 Å². The summed E-state index contributed by atoms with van der Waals surface area (Å²) in [6, 6.07) is 0. The van der Waals surface area contributed by atoms with Crippen LogP contribution in [-0.2, 0) is 23.9 Å². The highest BCUT2D eigenvalue weighted by atomic mass is 16.6. The van der Waals surface area contributed by atoms with Crippen LogP contribution in [0.25, 0.3) is 0 Å². The van der Waals surface area contributed by atoms with Crippen molar-refractivity contribution in [3.63, 3.8) is 0 Å². The third-order valence-corrected chi connectivity index (χ3v) is 11.4. The average Bonchev–Trinajstić information content (AvgIpc) is 3.12. The second-order valence-corrected chi connectivity index (χ2v) is 13.8. The number of hydrogen-bond donors (Lipinski definition) is 0. The molecule has 4 rings (SSSR count). The van der Waals surface area contributed by atoms with Crippen molar-refractivity contribution in [3.8, 4) is 0 Å². The Morgan fingerprint density at radius 3 is 2.31 bits per heavy atom. The fourth-order valence-corrected chi connectivity index (χ4v) is 9.80. The highest BCUT2D eigenvalue weighted by Gasteiger charge is 2.70. The summed E-state index contributed by atoms with van der Waals surface area (Å²) in [5.74, 6) is 2.84. The normalized spacial score (nSPS) is 42.8. The highest BCUT2D eigenvalue weighted by molar-refractivity contribution is 5.92. The Balaban J connectivity index is 1.59. The number of Topliss-reactive ketones (excluding diaryl/α,β-unsaturated/α-hetero) is 1. The monoisotopic (exact) mass is 502 g/mol. The van der Waals surface area contributed by atoms with Crippen molar-refractivity contribution in [2.24, 2.45) is 46.3 Å². The van der Waals surface area contributed by atoms with Crippen LogP contribution < -0.4 is 0 Å². The minimum atomic E-state index is -1.17. The predicted octanol–water partition coefficient (Wildman–Crippen LogP) is 6.90. The van der Waals surface area contributed by atoms with Crippen molar-refractivity contribution in [2.75, 3.05) is 0 Å². The molecule has 0 aliphatic heterocycles. The van der Waals surface area contributed by atoms with Gasteiger partial charge in [-0.05, 0) is 79.4 Å². The van der Waals surface area contributed by atoms with E-state index in [1.165, 1.54) is 52.4 Å². The number of carbonyl (C=O) groups is 3. The first-order chi connectivity index (χ1) is 16.8. The molecular weight excluding hydrogens is 452 g/mol. The summed E-state index contributed by atoms with van der Waals surface area (Å²) in [5, 5.41) is 0. The van der Waals surface area contributed by atoms with Gasteiger partial charge in [0.2, 0.25) is 0 Å². The van der Waals surface area contributed by atoms with Gasteiger partial charge in [0.15, 0.2) is 11.4 Å². The SMILES string of the molecule is CC(=O)O[C@@H]1CC[C@]2(C)[C@H]3CC[C@@]4(C)[C@@H](CC[C@H]4[C@@H](C)CCCC(C)C)[C@H]3CC(=O)[C@@]2(OC(C)=O)C1. The Bertz CT molecular complexity index is 865. The largest absolute Gasteiger partial charge is 0.462 e. The minimum absolute atomic E-state index is 0.0657. The Labute approximate surface area is 218 Å². The van der Waals surface area contributed by atoms with Crippen LogP contribution in [0.2, 0.25) is 0 Å². The van der Waals surface area contributed by atoms with E-state index in [0.717, 1.165) is 37.0 Å². The van der Waals surface area contributed by atoms with Crippen LogP contribution in [-0.4, -0.2) is 29.4 Å². The van der Waals surface area contributed by atoms with Crippen molar-refractivity contribution in [3.05, 3.63) is 0 Å². The molecule has 4 saturated carbocycles. The third-order valence-electron chi connectivity index (χ3n) is 11.4. The topological polar surface area (TPSA) is 69.7 Å². The van der Waals surface area contributed by atoms with E-state index >= 15 is 0 Å². The van der Waals surface area contributed by atoms with Gasteiger partial charge >= 0.3 is 11.9 Å². The Hall–Kier alpha value is -1.39. The molecule has 0 aromatic rings. The van der Waals surface area contributed by atoms with Gasteiger partial charge in [-0.25, -0.2) is 0 Å². The number of ketones is 1. The first-order valence-corrected chi connectivity index (χ1v) is 14.7. The van der Waals surface area contributed by atoms with E-state index in [2.05, 4.69) is 34.6 Å². The summed E-state index contributed by atoms with van der Waals surface area (Å²) in [6.07, 6.45) is 10.6. The molecule has 0 spiro atoms. The number of esters is 2. The molecule has 204 valence electrons. The lowest BCUT2D eigenvalue weighted by Gasteiger charge is -2.63. The van der Waals surface area contributed by atoms with Gasteiger partial charge in [0.05, 0.1) is 0 Å². The molecule has 0 saturated heterocycles. The molecule has 0 aromatic heterocycles. The van der Waals surface area contributed by atoms with Crippen molar-refractivity contribution in [1.82, 2.24) is 0 Å². The van der Waals surface area contributed by atoms with Gasteiger partial charge in [0, 0.05) is 32.1 Å². The molecule has 0 bridgehead atoms. The van der Waals surface area contributed by atoms with E-state index < -0.39 is 17.0 Å². The van der Waals surface area contributed by atoms with Crippen molar-refractivity contribution < 1.29 is 23.9 Å². The van der Waals surface area contributed by atoms with Crippen LogP contribution in [0.5, 0.6) is 0 Å². The summed E-state index contributed by atoms with van der Waals surface area (Å²) in [7, 11) is 0. The van der Waals surface area contributed by atoms with Gasteiger partial charge < -0.3 is 9.47 Å². The molecule has 0 amide bonds. The van der Waals surface area contributed by atoms with Gasteiger partial charge in [0.25, 0.3) is 0 Å². The molecule has 0 heterocycles. The number of carbonyl (C=O) groups excluding carboxylic acids is 3. The van der Waals surface area contributed by atoms with Gasteiger partial charge in [-0.15, -0.1) is 0 Å². The molecule has 5 nitrogen and oxygen atoms in total. The molecule has 5 heteroatoms. The predicted molar refractivity (Wildman–Crippen MR) is 140 cm³/mol. The van der Waals surface area contributed by atoms with E-state index in [-0.39, 0.29) is 17.9 Å². The van der Waals surface area contributed by atoms with Crippen LogP contribution in [0, 0.1) is 46.3 Å². The van der Waals surface area contributed by atoms with Crippen molar-refractivity contribution in [2.45, 2.75) is 131 Å². The van der Waals surface area contributed by atoms with Gasteiger partial charge in [-0.2, -0.15) is 0 Å². The molecule has 0 aromatic carbocycles. The second kappa shape index (κ2) is 10.1. The fourth-order valence-electron chi connectivity index (χ4n) is 9.80. The standard InChI is InChI=1S/C31H50O5/c1-19(2)9-8-10-20(3)25-11-12-26-24-17-28(34)31(36-22(5)33)18-23(35-21(4)32)13-16-30(31,7)27(24)14-15-29(25,26)6/h19-20,23-27H,8-18H2,1-7H3/t20-,23+,24+,25-,26-,27-,29+,30+,31-/m0/s1. The molecular formula is C31H50O5. The molecule has 4 aliphatic rings. The van der Waals surface area contributed by atoms with E-state index in [4.69, 9.17) is 9.47 Å². The quantitative estimate of drug-likeness (QED) is 0.354. The third kappa shape index (κ3) is 4.55. The van der Waals surface area contributed by atoms with Crippen LogP contribution in [0.3, 0.4) is 0 Å². The fraction of sp³-hybridized carbons (Fsp3) is 0.903. The Morgan fingerprint density at radius 1 is 0.944 bits per heavy atom. The van der Waals surface area contributed by atoms with Crippen LogP contribution >= 0.6 is 0 Å². The van der Waals surface area contributed by atoms with Gasteiger partial charge in [0.1, 0.15) is 6.10 Å². The van der Waals surface area contributed by atoms with E-state index in [0.29, 0.717) is 36.0 Å². The summed E-state index contributed by atoms with van der Waals surface area (Å²) >= 11 is 0. The maximum absolute atomic E-state index is 14.1. The first kappa shape index (κ1) is 27.6. The summed E-state index contributed by atoms with van der Waals surface area (Å²) in [5.41, 5.74) is -1.28. The smallest absolute Gasteiger partial charge is 0.303 e. The molecule has 36 heavy (non-hydrogen) atoms. The average molecular weight is 503 g/mol. The zero-order valence-electron chi connectivity index (χ0n) is 23.9. The van der Waals surface area contributed by atoms with Crippen LogP contribution in [0.15, 0.2) is 0 Å². The zero-order chi connectivity index (χ0) is 26.5. The lowest BCUT2D eigenvalue weighted by Crippen LogP contribution is -2.68. The number of ether oxygens (including phenoxy) is 2. The molecule has 0 N–H and O–H groups in total. The molecule has 0 unspecified atom stereocenters. The van der Waals surface area contributed by atoms with Crippen molar-refractivity contribution >= 4 is 17.7 Å². The first-order valence-electron chi connectivity index (χ1n) is 14.7. The molecule has 9 atom stereocenters. The number of fused-ring (bicyclic) bond motifs is 5. The highest BCUT2D eigenvalue weighted by Crippen LogP contribution is 2.69. The maximum atomic E-state index is 14.1.